The predicted octanol–water partition coefficient (Wildman–Crippen LogP) is 8.66. The lowest BCUT2D eigenvalue weighted by Crippen LogP contribution is -2.03. The van der Waals surface area contributed by atoms with Crippen molar-refractivity contribution in [3.05, 3.63) is 134 Å². The van der Waals surface area contributed by atoms with E-state index in [2.05, 4.69) is 34.9 Å². The van der Waals surface area contributed by atoms with Crippen LogP contribution >= 0.6 is 0 Å². The quantitative estimate of drug-likeness (QED) is 0.212. The summed E-state index contributed by atoms with van der Waals surface area (Å²) in [7, 11) is 0. The molecule has 0 N–H and O–H groups in total. The minimum absolute atomic E-state index is 0.512. The van der Waals surface area contributed by atoms with Crippen molar-refractivity contribution in [1.82, 2.24) is 29.5 Å². The molecule has 7 heteroatoms. The molecule has 7 nitrogen and oxygen atoms in total. The topological polar surface area (TPSA) is 82.5 Å². The van der Waals surface area contributed by atoms with Crippen LogP contribution in [0.1, 0.15) is 0 Å². The smallest absolute Gasteiger partial charge is 0.234 e. The van der Waals surface area contributed by atoms with Crippen LogP contribution in [0.15, 0.2) is 138 Å². The van der Waals surface area contributed by atoms with E-state index in [-0.39, 0.29) is 0 Å². The number of fused-ring (bicyclic) bond motifs is 7. The average molecular weight is 567 g/mol. The van der Waals surface area contributed by atoms with Crippen LogP contribution in [0.25, 0.3) is 83.9 Å². The van der Waals surface area contributed by atoms with Gasteiger partial charge >= 0.3 is 0 Å². The maximum Gasteiger partial charge on any atom is 0.234 e. The molecule has 0 atom stereocenters. The first-order chi connectivity index (χ1) is 21.8. The highest BCUT2D eigenvalue weighted by atomic mass is 16.3. The van der Waals surface area contributed by atoms with Crippen molar-refractivity contribution in [2.45, 2.75) is 0 Å². The number of para-hydroxylation sites is 2. The van der Waals surface area contributed by atoms with E-state index in [1.807, 2.05) is 91.0 Å². The Bertz CT molecular complexity index is 2430. The van der Waals surface area contributed by atoms with Crippen LogP contribution < -0.4 is 0 Å². The van der Waals surface area contributed by atoms with Crippen molar-refractivity contribution < 1.29 is 4.42 Å². The molecule has 0 unspecified atom stereocenters. The number of hydrogen-bond donors (Lipinski definition) is 0. The van der Waals surface area contributed by atoms with E-state index >= 15 is 0 Å². The number of aromatic nitrogens is 6. The van der Waals surface area contributed by atoms with Crippen LogP contribution in [-0.4, -0.2) is 29.5 Å². The van der Waals surface area contributed by atoms with Crippen molar-refractivity contribution in [3.8, 4) is 40.1 Å². The molecule has 44 heavy (non-hydrogen) atoms. The van der Waals surface area contributed by atoms with E-state index in [0.717, 1.165) is 54.9 Å². The van der Waals surface area contributed by atoms with Crippen molar-refractivity contribution in [3.63, 3.8) is 0 Å². The molecule has 0 fully saturated rings. The molecule has 4 aromatic heterocycles. The fraction of sp³-hybridized carbons (Fsp3) is 0. The fourth-order valence-corrected chi connectivity index (χ4v) is 5.98. The van der Waals surface area contributed by atoms with Crippen molar-refractivity contribution in [2.24, 2.45) is 0 Å². The standard InChI is InChI=1S/C37H22N6O/c1-3-11-23(12-4-1)34-40-35(24-13-5-2-6-14-24)42-36(41-34)25-21-38-37(39-22-25)43-28-17-9-7-15-26(28)32-29(43)19-20-31-33(32)27-16-8-10-18-30(27)44-31/h1-22H. The fourth-order valence-electron chi connectivity index (χ4n) is 5.98. The van der Waals surface area contributed by atoms with Gasteiger partial charge in [-0.3, -0.25) is 4.57 Å². The summed E-state index contributed by atoms with van der Waals surface area (Å²) in [5.74, 6) is 2.26. The van der Waals surface area contributed by atoms with E-state index < -0.39 is 0 Å². The molecule has 4 heterocycles. The summed E-state index contributed by atoms with van der Waals surface area (Å²) in [6.07, 6.45) is 3.57. The molecule has 9 aromatic rings. The lowest BCUT2D eigenvalue weighted by atomic mass is 10.1. The summed E-state index contributed by atoms with van der Waals surface area (Å²) < 4.78 is 8.32. The van der Waals surface area contributed by atoms with Crippen LogP contribution in [-0.2, 0) is 0 Å². The SMILES string of the molecule is c1ccc(-c2nc(-c3ccccc3)nc(-c3cnc(-n4c5ccccc5c5c6c(ccc54)oc4ccccc46)nc3)n2)cc1. The van der Waals surface area contributed by atoms with E-state index in [4.69, 9.17) is 29.3 Å². The maximum absolute atomic E-state index is 6.21. The zero-order valence-corrected chi connectivity index (χ0v) is 23.3. The number of benzene rings is 5. The molecule has 0 bridgehead atoms. The zero-order chi connectivity index (χ0) is 29.0. The monoisotopic (exact) mass is 566 g/mol. The molecule has 0 radical (unpaired) electrons. The second-order valence-electron chi connectivity index (χ2n) is 10.6. The van der Waals surface area contributed by atoms with Crippen LogP contribution in [0.4, 0.5) is 0 Å². The van der Waals surface area contributed by atoms with Crippen molar-refractivity contribution in [1.29, 1.82) is 0 Å². The Morgan fingerprint density at radius 1 is 0.432 bits per heavy atom. The molecule has 0 spiro atoms. The molecular formula is C37H22N6O. The summed E-state index contributed by atoms with van der Waals surface area (Å²) in [6.45, 7) is 0. The van der Waals surface area contributed by atoms with Gasteiger partial charge in [0.25, 0.3) is 0 Å². The first-order valence-corrected chi connectivity index (χ1v) is 14.3. The highest BCUT2D eigenvalue weighted by Crippen LogP contribution is 2.40. The highest BCUT2D eigenvalue weighted by molar-refractivity contribution is 6.27. The van der Waals surface area contributed by atoms with E-state index in [9.17, 15) is 0 Å². The van der Waals surface area contributed by atoms with Gasteiger partial charge in [-0.05, 0) is 24.3 Å². The number of rotatable bonds is 4. The maximum atomic E-state index is 6.21. The molecule has 9 rings (SSSR count). The van der Waals surface area contributed by atoms with Gasteiger partial charge in [-0.2, -0.15) is 0 Å². The van der Waals surface area contributed by atoms with Crippen molar-refractivity contribution >= 4 is 43.7 Å². The lowest BCUT2D eigenvalue weighted by Gasteiger charge is -2.09. The van der Waals surface area contributed by atoms with Crippen LogP contribution in [0.5, 0.6) is 0 Å². The third-order valence-corrected chi connectivity index (χ3v) is 7.97. The van der Waals surface area contributed by atoms with Gasteiger partial charge < -0.3 is 4.42 Å². The van der Waals surface area contributed by atoms with Gasteiger partial charge in [-0.15, -0.1) is 0 Å². The van der Waals surface area contributed by atoms with Gasteiger partial charge in [0.05, 0.1) is 16.6 Å². The molecule has 0 aliphatic heterocycles. The van der Waals surface area contributed by atoms with Gasteiger partial charge in [-0.25, -0.2) is 24.9 Å². The second kappa shape index (κ2) is 9.68. The second-order valence-corrected chi connectivity index (χ2v) is 10.6. The third kappa shape index (κ3) is 3.80. The highest BCUT2D eigenvalue weighted by Gasteiger charge is 2.20. The minimum atomic E-state index is 0.512. The van der Waals surface area contributed by atoms with Crippen LogP contribution in [0, 0.1) is 0 Å². The Balaban J connectivity index is 1.22. The largest absolute Gasteiger partial charge is 0.456 e. The molecule has 206 valence electrons. The van der Waals surface area contributed by atoms with Gasteiger partial charge in [0.2, 0.25) is 5.95 Å². The molecule has 0 aliphatic rings. The molecule has 0 saturated carbocycles. The number of hydrogen-bond acceptors (Lipinski definition) is 6. The van der Waals surface area contributed by atoms with Crippen LogP contribution in [0.3, 0.4) is 0 Å². The summed E-state index contributed by atoms with van der Waals surface area (Å²) >= 11 is 0. The molecule has 0 amide bonds. The van der Waals surface area contributed by atoms with E-state index in [1.165, 1.54) is 0 Å². The summed E-state index contributed by atoms with van der Waals surface area (Å²) in [4.78, 5) is 24.2. The van der Waals surface area contributed by atoms with Gasteiger partial charge in [0.15, 0.2) is 17.5 Å². The minimum Gasteiger partial charge on any atom is -0.456 e. The van der Waals surface area contributed by atoms with Gasteiger partial charge in [0.1, 0.15) is 11.2 Å². The summed E-state index contributed by atoms with van der Waals surface area (Å²) in [5.41, 5.74) is 6.28. The van der Waals surface area contributed by atoms with Crippen LogP contribution in [0.2, 0.25) is 0 Å². The van der Waals surface area contributed by atoms with Gasteiger partial charge in [-0.1, -0.05) is 97.1 Å². The Hall–Kier alpha value is -6.21. The molecule has 5 aromatic carbocycles. The lowest BCUT2D eigenvalue weighted by molar-refractivity contribution is 0.669. The Morgan fingerprint density at radius 3 is 1.68 bits per heavy atom. The average Bonchev–Trinajstić information content (AvgIpc) is 3.64. The Labute approximate surface area is 251 Å². The zero-order valence-electron chi connectivity index (χ0n) is 23.3. The van der Waals surface area contributed by atoms with E-state index in [0.29, 0.717) is 29.0 Å². The molecule has 0 aliphatic carbocycles. The summed E-state index contributed by atoms with van der Waals surface area (Å²) in [6, 6.07) is 40.5. The molecular weight excluding hydrogens is 544 g/mol. The molecule has 0 saturated heterocycles. The Morgan fingerprint density at radius 2 is 1.00 bits per heavy atom. The van der Waals surface area contributed by atoms with E-state index in [1.54, 1.807) is 12.4 Å². The normalized spacial score (nSPS) is 11.6. The number of nitrogens with zero attached hydrogens (tertiary/aromatic N) is 6. The third-order valence-electron chi connectivity index (χ3n) is 7.97. The first-order valence-electron chi connectivity index (χ1n) is 14.3. The Kier molecular flexibility index (Phi) is 5.36. The number of furan rings is 1. The summed E-state index contributed by atoms with van der Waals surface area (Å²) in [5, 5.41) is 4.42. The van der Waals surface area contributed by atoms with Crippen molar-refractivity contribution in [2.75, 3.05) is 0 Å². The van der Waals surface area contributed by atoms with Gasteiger partial charge in [0, 0.05) is 45.1 Å². The first kappa shape index (κ1) is 24.4. The predicted molar refractivity (Wildman–Crippen MR) is 173 cm³/mol.